The number of carbonyl (C=O) groups excluding carboxylic acids is 2. The van der Waals surface area contributed by atoms with Gasteiger partial charge in [-0.3, -0.25) is 4.79 Å². The van der Waals surface area contributed by atoms with E-state index in [1.165, 1.54) is 35.1 Å². The predicted octanol–water partition coefficient (Wildman–Crippen LogP) is 3.76. The van der Waals surface area contributed by atoms with Gasteiger partial charge >= 0.3 is 5.97 Å². The summed E-state index contributed by atoms with van der Waals surface area (Å²) in [6, 6.07) is 9.59. The van der Waals surface area contributed by atoms with E-state index in [0.717, 1.165) is 30.5 Å². The number of para-hydroxylation sites is 1. The summed E-state index contributed by atoms with van der Waals surface area (Å²) in [6.07, 6.45) is 3.07. The van der Waals surface area contributed by atoms with Crippen LogP contribution in [0.25, 0.3) is 5.69 Å². The zero-order valence-corrected chi connectivity index (χ0v) is 19.0. The van der Waals surface area contributed by atoms with Gasteiger partial charge < -0.3 is 10.1 Å². The van der Waals surface area contributed by atoms with Crippen LogP contribution in [0.3, 0.4) is 0 Å². The molecule has 0 spiro atoms. The number of rotatable bonds is 7. The van der Waals surface area contributed by atoms with Gasteiger partial charge in [0.05, 0.1) is 18.4 Å². The van der Waals surface area contributed by atoms with E-state index >= 15 is 0 Å². The molecule has 31 heavy (non-hydrogen) atoms. The first kappa shape index (κ1) is 21.5. The third kappa shape index (κ3) is 4.80. The van der Waals surface area contributed by atoms with Crippen molar-refractivity contribution in [2.24, 2.45) is 5.92 Å². The summed E-state index contributed by atoms with van der Waals surface area (Å²) < 4.78 is 6.63. The lowest BCUT2D eigenvalue weighted by atomic mass is 9.88. The van der Waals surface area contributed by atoms with E-state index in [4.69, 9.17) is 4.74 Å². The molecule has 1 aromatic carbocycles. The fraction of sp³-hybridized carbons (Fsp3) is 0.381. The number of tetrazole rings is 1. The van der Waals surface area contributed by atoms with Crippen LogP contribution in [-0.2, 0) is 22.4 Å². The van der Waals surface area contributed by atoms with Crippen LogP contribution in [0.4, 0.5) is 5.00 Å². The minimum atomic E-state index is -0.390. The molecule has 8 nitrogen and oxygen atoms in total. The molecule has 0 saturated heterocycles. The summed E-state index contributed by atoms with van der Waals surface area (Å²) in [6.45, 7) is 2.21. The molecule has 10 heteroatoms. The third-order valence-corrected chi connectivity index (χ3v) is 7.25. The van der Waals surface area contributed by atoms with Gasteiger partial charge in [0.25, 0.3) is 0 Å². The molecule has 0 aliphatic heterocycles. The number of thioether (sulfide) groups is 1. The molecular weight excluding hydrogens is 434 g/mol. The Labute approximate surface area is 188 Å². The van der Waals surface area contributed by atoms with E-state index in [9.17, 15) is 9.59 Å². The Hall–Kier alpha value is -2.72. The predicted molar refractivity (Wildman–Crippen MR) is 120 cm³/mol. The monoisotopic (exact) mass is 457 g/mol. The molecule has 162 valence electrons. The van der Waals surface area contributed by atoms with Gasteiger partial charge in [-0.2, -0.15) is 4.68 Å². The molecule has 1 amide bonds. The number of methoxy groups -OCH3 is 1. The van der Waals surface area contributed by atoms with Gasteiger partial charge in [-0.05, 0) is 53.3 Å². The van der Waals surface area contributed by atoms with E-state index in [2.05, 4.69) is 27.8 Å². The number of nitrogens with zero attached hydrogens (tertiary/aromatic N) is 4. The SMILES string of the molecule is COC(=O)c1c(NC(=O)CCSc2nnnn2-c2ccccc2)sc2c1CCC(C)C2. The van der Waals surface area contributed by atoms with E-state index < -0.39 is 5.97 Å². The number of hydrogen-bond donors (Lipinski definition) is 1. The maximum atomic E-state index is 12.6. The van der Waals surface area contributed by atoms with Crippen LogP contribution >= 0.6 is 23.1 Å². The summed E-state index contributed by atoms with van der Waals surface area (Å²) in [5.41, 5.74) is 2.41. The van der Waals surface area contributed by atoms with Crippen molar-refractivity contribution in [3.8, 4) is 5.69 Å². The zero-order chi connectivity index (χ0) is 21.8. The summed E-state index contributed by atoms with van der Waals surface area (Å²) >= 11 is 2.90. The molecule has 4 rings (SSSR count). The molecule has 0 fully saturated rings. The normalized spacial score (nSPS) is 15.4. The highest BCUT2D eigenvalue weighted by molar-refractivity contribution is 7.99. The largest absolute Gasteiger partial charge is 0.465 e. The fourth-order valence-corrected chi connectivity index (χ4v) is 5.82. The summed E-state index contributed by atoms with van der Waals surface area (Å²) in [5, 5.41) is 16.0. The van der Waals surface area contributed by atoms with Gasteiger partial charge in [0, 0.05) is 17.1 Å². The number of amides is 1. The van der Waals surface area contributed by atoms with Crippen LogP contribution < -0.4 is 5.32 Å². The van der Waals surface area contributed by atoms with Crippen molar-refractivity contribution in [3.05, 3.63) is 46.3 Å². The number of esters is 1. The molecular formula is C21H23N5O3S2. The number of nitrogens with one attached hydrogen (secondary N) is 1. The smallest absolute Gasteiger partial charge is 0.341 e. The minimum Gasteiger partial charge on any atom is -0.465 e. The molecule has 1 unspecified atom stereocenters. The second kappa shape index (κ2) is 9.61. The first-order valence-corrected chi connectivity index (χ1v) is 11.9. The molecule has 2 aromatic heterocycles. The van der Waals surface area contributed by atoms with Gasteiger partial charge in [-0.25, -0.2) is 4.79 Å². The van der Waals surface area contributed by atoms with E-state index in [1.807, 2.05) is 30.3 Å². The molecule has 3 aromatic rings. The van der Waals surface area contributed by atoms with Crippen molar-refractivity contribution in [1.29, 1.82) is 0 Å². The maximum absolute atomic E-state index is 12.6. The molecule has 1 aliphatic carbocycles. The van der Waals surface area contributed by atoms with Gasteiger partial charge in [0.1, 0.15) is 5.00 Å². The van der Waals surface area contributed by atoms with Crippen LogP contribution in [0.2, 0.25) is 0 Å². The van der Waals surface area contributed by atoms with Crippen molar-refractivity contribution in [2.75, 3.05) is 18.2 Å². The molecule has 0 saturated carbocycles. The van der Waals surface area contributed by atoms with Crippen molar-refractivity contribution in [1.82, 2.24) is 20.2 Å². The number of ether oxygens (including phenoxy) is 1. The van der Waals surface area contributed by atoms with E-state index in [-0.39, 0.29) is 12.3 Å². The van der Waals surface area contributed by atoms with Gasteiger partial charge in [0.15, 0.2) is 0 Å². The third-order valence-electron chi connectivity index (χ3n) is 5.16. The first-order chi connectivity index (χ1) is 15.1. The quantitative estimate of drug-likeness (QED) is 0.426. The second-order valence-electron chi connectivity index (χ2n) is 7.40. The highest BCUT2D eigenvalue weighted by Crippen LogP contribution is 2.40. The fourth-order valence-electron chi connectivity index (χ4n) is 3.58. The Balaban J connectivity index is 1.40. The number of carbonyl (C=O) groups is 2. The maximum Gasteiger partial charge on any atom is 0.341 e. The molecule has 1 atom stereocenters. The summed E-state index contributed by atoms with van der Waals surface area (Å²) in [5.74, 6) is 0.545. The number of aromatic nitrogens is 4. The van der Waals surface area contributed by atoms with Crippen LogP contribution in [0.1, 0.15) is 40.6 Å². The lowest BCUT2D eigenvalue weighted by molar-refractivity contribution is -0.115. The van der Waals surface area contributed by atoms with Gasteiger partial charge in [-0.1, -0.05) is 36.9 Å². The number of anilines is 1. The van der Waals surface area contributed by atoms with E-state index in [1.54, 1.807) is 4.68 Å². The summed E-state index contributed by atoms with van der Waals surface area (Å²) in [4.78, 5) is 26.2. The molecule has 0 radical (unpaired) electrons. The standard InChI is InChI=1S/C21H23N5O3S2/c1-13-8-9-15-16(12-13)31-19(18(15)20(28)29-2)22-17(27)10-11-30-21-23-24-25-26(21)14-6-4-3-5-7-14/h3-7,13H,8-12H2,1-2H3,(H,22,27). The summed E-state index contributed by atoms with van der Waals surface area (Å²) in [7, 11) is 1.37. The lowest BCUT2D eigenvalue weighted by Gasteiger charge is -2.18. The van der Waals surface area contributed by atoms with Crippen LogP contribution in [0.15, 0.2) is 35.5 Å². The highest BCUT2D eigenvalue weighted by Gasteiger charge is 2.28. The molecule has 1 aliphatic rings. The van der Waals surface area contributed by atoms with Crippen LogP contribution in [0.5, 0.6) is 0 Å². The minimum absolute atomic E-state index is 0.150. The molecule has 1 N–H and O–H groups in total. The van der Waals surface area contributed by atoms with Crippen molar-refractivity contribution >= 4 is 40.0 Å². The Morgan fingerprint density at radius 2 is 2.13 bits per heavy atom. The lowest BCUT2D eigenvalue weighted by Crippen LogP contribution is -2.16. The first-order valence-electron chi connectivity index (χ1n) is 10.1. The Morgan fingerprint density at radius 1 is 1.32 bits per heavy atom. The topological polar surface area (TPSA) is 99.0 Å². The van der Waals surface area contributed by atoms with Crippen LogP contribution in [0, 0.1) is 5.92 Å². The number of fused-ring (bicyclic) bond motifs is 1. The zero-order valence-electron chi connectivity index (χ0n) is 17.3. The average molecular weight is 458 g/mol. The van der Waals surface area contributed by atoms with Gasteiger partial charge in [0.2, 0.25) is 11.1 Å². The van der Waals surface area contributed by atoms with E-state index in [0.29, 0.717) is 27.4 Å². The average Bonchev–Trinajstić information content (AvgIpc) is 3.37. The second-order valence-corrected chi connectivity index (χ2v) is 9.57. The Kier molecular flexibility index (Phi) is 6.67. The van der Waals surface area contributed by atoms with Gasteiger partial charge in [-0.15, -0.1) is 16.4 Å². The molecule has 2 heterocycles. The number of benzene rings is 1. The highest BCUT2D eigenvalue weighted by atomic mass is 32.2. The van der Waals surface area contributed by atoms with Crippen molar-refractivity contribution in [3.63, 3.8) is 0 Å². The number of thiophene rings is 1. The Morgan fingerprint density at radius 3 is 2.90 bits per heavy atom. The van der Waals surface area contributed by atoms with Crippen LogP contribution in [-0.4, -0.2) is 44.9 Å². The van der Waals surface area contributed by atoms with Crippen molar-refractivity contribution in [2.45, 2.75) is 37.8 Å². The van der Waals surface area contributed by atoms with Crippen molar-refractivity contribution < 1.29 is 14.3 Å². The molecule has 0 bridgehead atoms. The number of hydrogen-bond acceptors (Lipinski definition) is 8. The Bertz CT molecular complexity index is 1080.